The van der Waals surface area contributed by atoms with Crippen molar-refractivity contribution in [3.05, 3.63) is 11.6 Å². The number of carbonyl (C=O) groups excluding carboxylic acids is 1. The van der Waals surface area contributed by atoms with Crippen molar-refractivity contribution in [1.82, 2.24) is 10.2 Å². The number of likely N-dealkylation sites (tertiary alicyclic amines) is 1. The van der Waals surface area contributed by atoms with Crippen molar-refractivity contribution in [2.45, 2.75) is 83.2 Å². The first-order valence-corrected chi connectivity index (χ1v) is 10.7. The number of nitrogens with one attached hydrogen (secondary N) is 1. The molecule has 2 aliphatic rings. The SMILES string of the molecule is CC(C)CCN[C@@H](C(=O)N1CCC(O)(C2=CCC(Cl)CC2)CC1)C(C)C. The zero-order chi connectivity index (χ0) is 19.3. The molecule has 1 saturated heterocycles. The Morgan fingerprint density at radius 1 is 1.35 bits per heavy atom. The van der Waals surface area contributed by atoms with Crippen LogP contribution in [0.1, 0.15) is 66.2 Å². The maximum atomic E-state index is 13.0. The maximum absolute atomic E-state index is 13.0. The van der Waals surface area contributed by atoms with Gasteiger partial charge in [-0.25, -0.2) is 0 Å². The molecule has 0 bridgehead atoms. The second-order valence-electron chi connectivity index (χ2n) is 8.82. The number of alkyl halides is 1. The van der Waals surface area contributed by atoms with Gasteiger partial charge in [0.25, 0.3) is 0 Å². The number of nitrogens with zero attached hydrogens (tertiary/aromatic N) is 1. The number of hydrogen-bond donors (Lipinski definition) is 2. The van der Waals surface area contributed by atoms with Gasteiger partial charge in [0.05, 0.1) is 11.6 Å². The van der Waals surface area contributed by atoms with Gasteiger partial charge < -0.3 is 15.3 Å². The first kappa shape index (κ1) is 21.7. The third-order valence-corrected chi connectivity index (χ3v) is 6.26. The molecule has 0 aromatic rings. The lowest BCUT2D eigenvalue weighted by molar-refractivity contribution is -0.138. The van der Waals surface area contributed by atoms with Crippen LogP contribution in [0.25, 0.3) is 0 Å². The normalized spacial score (nSPS) is 24.7. The number of hydrogen-bond acceptors (Lipinski definition) is 3. The lowest BCUT2D eigenvalue weighted by Crippen LogP contribution is -2.54. The van der Waals surface area contributed by atoms with Crippen LogP contribution in [0.15, 0.2) is 11.6 Å². The zero-order valence-electron chi connectivity index (χ0n) is 16.9. The quantitative estimate of drug-likeness (QED) is 0.519. The molecule has 0 saturated carbocycles. The average molecular weight is 385 g/mol. The molecule has 0 aromatic heterocycles. The minimum Gasteiger partial charge on any atom is -0.385 e. The Morgan fingerprint density at radius 3 is 2.50 bits per heavy atom. The molecule has 1 aliphatic heterocycles. The molecular weight excluding hydrogens is 348 g/mol. The molecule has 2 rings (SSSR count). The first-order valence-electron chi connectivity index (χ1n) is 10.3. The lowest BCUT2D eigenvalue weighted by Gasteiger charge is -2.42. The first-order chi connectivity index (χ1) is 12.2. The predicted molar refractivity (Wildman–Crippen MR) is 108 cm³/mol. The van der Waals surface area contributed by atoms with Gasteiger partial charge in [0.15, 0.2) is 0 Å². The van der Waals surface area contributed by atoms with Gasteiger partial charge in [0, 0.05) is 18.5 Å². The Hall–Kier alpha value is -0.580. The van der Waals surface area contributed by atoms with E-state index in [2.05, 4.69) is 39.1 Å². The summed E-state index contributed by atoms with van der Waals surface area (Å²) in [4.78, 5) is 14.9. The van der Waals surface area contributed by atoms with E-state index in [-0.39, 0.29) is 23.2 Å². The van der Waals surface area contributed by atoms with Crippen LogP contribution in [0.4, 0.5) is 0 Å². The molecular formula is C21H37ClN2O2. The highest BCUT2D eigenvalue weighted by Crippen LogP contribution is 2.36. The summed E-state index contributed by atoms with van der Waals surface area (Å²) in [5.41, 5.74) is 0.392. The molecule has 1 amide bonds. The highest BCUT2D eigenvalue weighted by Gasteiger charge is 2.39. The topological polar surface area (TPSA) is 52.6 Å². The number of aliphatic hydroxyl groups is 1. The van der Waals surface area contributed by atoms with Crippen molar-refractivity contribution < 1.29 is 9.90 Å². The smallest absolute Gasteiger partial charge is 0.239 e. The third kappa shape index (κ3) is 5.71. The number of halogens is 1. The standard InChI is InChI=1S/C21H37ClN2O2/c1-15(2)9-12-23-19(16(3)4)20(25)24-13-10-21(26,11-14-24)17-5-7-18(22)8-6-17/h5,15-16,18-19,23,26H,6-14H2,1-4H3/t18?,19-/m1/s1. The maximum Gasteiger partial charge on any atom is 0.239 e. The molecule has 1 aliphatic carbocycles. The fourth-order valence-electron chi connectivity index (χ4n) is 3.98. The van der Waals surface area contributed by atoms with Crippen LogP contribution in [0.2, 0.25) is 0 Å². The van der Waals surface area contributed by atoms with Crippen LogP contribution < -0.4 is 5.32 Å². The summed E-state index contributed by atoms with van der Waals surface area (Å²) < 4.78 is 0. The Morgan fingerprint density at radius 2 is 2.00 bits per heavy atom. The molecule has 2 N–H and O–H groups in total. The van der Waals surface area contributed by atoms with E-state index in [1.165, 1.54) is 0 Å². The summed E-state index contributed by atoms with van der Waals surface area (Å²) in [5.74, 6) is 1.08. The molecule has 2 atom stereocenters. The van der Waals surface area contributed by atoms with Gasteiger partial charge in [-0.2, -0.15) is 0 Å². The summed E-state index contributed by atoms with van der Waals surface area (Å²) >= 11 is 6.17. The van der Waals surface area contributed by atoms with Crippen LogP contribution in [0.3, 0.4) is 0 Å². The van der Waals surface area contributed by atoms with Gasteiger partial charge in [-0.15, -0.1) is 11.6 Å². The summed E-state index contributed by atoms with van der Waals surface area (Å²) in [7, 11) is 0. The van der Waals surface area contributed by atoms with Crippen LogP contribution >= 0.6 is 11.6 Å². The van der Waals surface area contributed by atoms with Crippen molar-refractivity contribution in [2.24, 2.45) is 11.8 Å². The lowest BCUT2D eigenvalue weighted by atomic mass is 9.79. The summed E-state index contributed by atoms with van der Waals surface area (Å²) in [5, 5.41) is 14.7. The van der Waals surface area contributed by atoms with Crippen LogP contribution in [-0.4, -0.2) is 52.6 Å². The van der Waals surface area contributed by atoms with Gasteiger partial charge in [0.2, 0.25) is 5.91 Å². The molecule has 150 valence electrons. The summed E-state index contributed by atoms with van der Waals surface area (Å²) in [6, 6.07) is -0.133. The second kappa shape index (κ2) is 9.57. The van der Waals surface area contributed by atoms with Crippen LogP contribution in [-0.2, 0) is 4.79 Å². The number of rotatable bonds is 7. The van der Waals surface area contributed by atoms with Gasteiger partial charge in [-0.05, 0) is 62.5 Å². The highest BCUT2D eigenvalue weighted by atomic mass is 35.5. The fourth-order valence-corrected chi connectivity index (χ4v) is 4.17. The Kier molecular flexibility index (Phi) is 7.99. The Bertz CT molecular complexity index is 496. The predicted octanol–water partition coefficient (Wildman–Crippen LogP) is 3.72. The fraction of sp³-hybridized carbons (Fsp3) is 0.857. The molecule has 1 heterocycles. The monoisotopic (exact) mass is 384 g/mol. The molecule has 1 fully saturated rings. The summed E-state index contributed by atoms with van der Waals surface area (Å²) in [6.45, 7) is 10.7. The van der Waals surface area contributed by atoms with E-state index in [4.69, 9.17) is 11.6 Å². The van der Waals surface area contributed by atoms with Crippen LogP contribution in [0, 0.1) is 11.8 Å². The van der Waals surface area contributed by atoms with E-state index in [0.717, 1.165) is 37.8 Å². The van der Waals surface area contributed by atoms with Crippen molar-refractivity contribution in [2.75, 3.05) is 19.6 Å². The minimum absolute atomic E-state index is 0.133. The molecule has 26 heavy (non-hydrogen) atoms. The van der Waals surface area contributed by atoms with Gasteiger partial charge in [-0.1, -0.05) is 33.8 Å². The van der Waals surface area contributed by atoms with E-state index >= 15 is 0 Å². The number of carbonyl (C=O) groups is 1. The van der Waals surface area contributed by atoms with Crippen molar-refractivity contribution in [3.63, 3.8) is 0 Å². The van der Waals surface area contributed by atoms with Crippen molar-refractivity contribution in [3.8, 4) is 0 Å². The van der Waals surface area contributed by atoms with Crippen molar-refractivity contribution in [1.29, 1.82) is 0 Å². The van der Waals surface area contributed by atoms with E-state index in [1.807, 2.05) is 4.90 Å². The van der Waals surface area contributed by atoms with Gasteiger partial charge in [0.1, 0.15) is 0 Å². The third-order valence-electron chi connectivity index (χ3n) is 5.87. The largest absolute Gasteiger partial charge is 0.385 e. The Labute approximate surface area is 164 Å². The summed E-state index contributed by atoms with van der Waals surface area (Å²) in [6.07, 6.45) is 7.13. The Balaban J connectivity index is 1.91. The molecule has 0 radical (unpaired) electrons. The van der Waals surface area contributed by atoms with Gasteiger partial charge in [-0.3, -0.25) is 4.79 Å². The van der Waals surface area contributed by atoms with Crippen LogP contribution in [0.5, 0.6) is 0 Å². The van der Waals surface area contributed by atoms with E-state index in [0.29, 0.717) is 31.8 Å². The van der Waals surface area contributed by atoms with E-state index < -0.39 is 5.60 Å². The highest BCUT2D eigenvalue weighted by molar-refractivity contribution is 6.20. The van der Waals surface area contributed by atoms with Crippen molar-refractivity contribution >= 4 is 17.5 Å². The molecule has 4 nitrogen and oxygen atoms in total. The number of amides is 1. The second-order valence-corrected chi connectivity index (χ2v) is 9.43. The molecule has 1 unspecified atom stereocenters. The van der Waals surface area contributed by atoms with E-state index in [9.17, 15) is 9.90 Å². The molecule has 5 heteroatoms. The van der Waals surface area contributed by atoms with Gasteiger partial charge >= 0.3 is 0 Å². The number of allylic oxidation sites excluding steroid dienone is 1. The molecule has 0 aromatic carbocycles. The minimum atomic E-state index is -0.744. The van der Waals surface area contributed by atoms with E-state index in [1.54, 1.807) is 0 Å². The number of piperidine rings is 1. The molecule has 0 spiro atoms. The average Bonchev–Trinajstić information content (AvgIpc) is 2.59. The zero-order valence-corrected chi connectivity index (χ0v) is 17.7.